The minimum absolute atomic E-state index is 0.0742. The molecule has 2 aromatic heterocycles. The minimum atomic E-state index is -0.841. The van der Waals surface area contributed by atoms with E-state index in [1.54, 1.807) is 0 Å². The van der Waals surface area contributed by atoms with Gasteiger partial charge >= 0.3 is 5.97 Å². The molecule has 0 saturated carbocycles. The van der Waals surface area contributed by atoms with Crippen LogP contribution in [0, 0.1) is 12.3 Å². The van der Waals surface area contributed by atoms with Crippen molar-refractivity contribution in [3.05, 3.63) is 88.9 Å². The third-order valence-electron chi connectivity index (χ3n) is 8.33. The first kappa shape index (κ1) is 32.7. The first-order valence-corrected chi connectivity index (χ1v) is 16.2. The molecule has 0 atom stereocenters. The lowest BCUT2D eigenvalue weighted by Crippen LogP contribution is -2.33. The van der Waals surface area contributed by atoms with Crippen LogP contribution in [0.2, 0.25) is 0 Å². The molecular weight excluding hydrogens is 552 g/mol. The van der Waals surface area contributed by atoms with Crippen molar-refractivity contribution in [3.8, 4) is 5.75 Å². The van der Waals surface area contributed by atoms with Crippen LogP contribution >= 0.6 is 11.8 Å². The van der Waals surface area contributed by atoms with Crippen LogP contribution in [0.4, 0.5) is 0 Å². The van der Waals surface area contributed by atoms with Crippen LogP contribution in [-0.4, -0.2) is 25.4 Å². The molecule has 230 valence electrons. The van der Waals surface area contributed by atoms with Crippen LogP contribution in [0.3, 0.4) is 0 Å². The van der Waals surface area contributed by atoms with E-state index >= 15 is 0 Å². The number of pyridine rings is 1. The highest BCUT2D eigenvalue weighted by molar-refractivity contribution is 8.00. The lowest BCUT2D eigenvalue weighted by Gasteiger charge is -2.29. The Labute approximate surface area is 262 Å². The lowest BCUT2D eigenvalue weighted by molar-refractivity contribution is -0.149. The van der Waals surface area contributed by atoms with Gasteiger partial charge in [-0.15, -0.1) is 11.8 Å². The van der Waals surface area contributed by atoms with Gasteiger partial charge in [0.15, 0.2) is 0 Å². The van der Waals surface area contributed by atoms with Crippen molar-refractivity contribution in [1.29, 1.82) is 0 Å². The predicted octanol–water partition coefficient (Wildman–Crippen LogP) is 9.59. The standard InChI is InChI=1S/C37H48N2O3S/c1-10-37(11-2,34(40)41)21-32-33(43-36(7,8)9)30-20-29(42-24-28-17-12-25(3)22-38-28)18-19-31(30)39(32)23-26-13-15-27(16-14-26)35(4,5)6/h12-20,22H,10-11,21,23-24H2,1-9H3,(H,40,41). The Morgan fingerprint density at radius 1 is 0.953 bits per heavy atom. The van der Waals surface area contributed by atoms with Crippen LogP contribution in [0.5, 0.6) is 5.75 Å². The summed E-state index contributed by atoms with van der Waals surface area (Å²) in [5.41, 5.74) is 5.89. The van der Waals surface area contributed by atoms with Gasteiger partial charge in [-0.05, 0) is 66.1 Å². The molecule has 0 radical (unpaired) electrons. The van der Waals surface area contributed by atoms with Crippen molar-refractivity contribution < 1.29 is 14.6 Å². The molecule has 0 fully saturated rings. The molecule has 0 bridgehead atoms. The number of aryl methyl sites for hydroxylation is 1. The fourth-order valence-corrected chi connectivity index (χ4v) is 6.64. The Morgan fingerprint density at radius 2 is 1.63 bits per heavy atom. The smallest absolute Gasteiger partial charge is 0.310 e. The molecule has 1 N–H and O–H groups in total. The van der Waals surface area contributed by atoms with Crippen LogP contribution < -0.4 is 4.74 Å². The largest absolute Gasteiger partial charge is 0.487 e. The maximum atomic E-state index is 12.8. The maximum Gasteiger partial charge on any atom is 0.310 e. The van der Waals surface area contributed by atoms with Crippen LogP contribution in [-0.2, 0) is 29.8 Å². The van der Waals surface area contributed by atoms with E-state index in [0.717, 1.165) is 38.5 Å². The Morgan fingerprint density at radius 3 is 2.16 bits per heavy atom. The van der Waals surface area contributed by atoms with E-state index in [4.69, 9.17) is 4.74 Å². The topological polar surface area (TPSA) is 64.4 Å². The highest BCUT2D eigenvalue weighted by atomic mass is 32.2. The Kier molecular flexibility index (Phi) is 9.70. The molecule has 2 heterocycles. The van der Waals surface area contributed by atoms with Gasteiger partial charge < -0.3 is 14.4 Å². The van der Waals surface area contributed by atoms with E-state index in [9.17, 15) is 9.90 Å². The van der Waals surface area contributed by atoms with E-state index in [-0.39, 0.29) is 10.2 Å². The third kappa shape index (κ3) is 7.64. The van der Waals surface area contributed by atoms with Crippen molar-refractivity contribution in [2.45, 2.75) is 110 Å². The summed E-state index contributed by atoms with van der Waals surface area (Å²) in [5, 5.41) is 11.6. The number of thioether (sulfide) groups is 1. The molecule has 0 spiro atoms. The first-order chi connectivity index (χ1) is 20.2. The van der Waals surface area contributed by atoms with Gasteiger partial charge in [0.05, 0.1) is 11.1 Å². The van der Waals surface area contributed by atoms with Gasteiger partial charge in [-0.1, -0.05) is 85.7 Å². The first-order valence-electron chi connectivity index (χ1n) is 15.4. The van der Waals surface area contributed by atoms with Crippen LogP contribution in [0.1, 0.15) is 96.3 Å². The van der Waals surface area contributed by atoms with Gasteiger partial charge in [-0.2, -0.15) is 0 Å². The fourth-order valence-electron chi connectivity index (χ4n) is 5.45. The number of hydrogen-bond donors (Lipinski definition) is 1. The van der Waals surface area contributed by atoms with Gasteiger partial charge in [0.2, 0.25) is 0 Å². The number of aromatic nitrogens is 2. The highest BCUT2D eigenvalue weighted by Crippen LogP contribution is 2.45. The zero-order valence-electron chi connectivity index (χ0n) is 27.4. The van der Waals surface area contributed by atoms with Crippen LogP contribution in [0.25, 0.3) is 10.9 Å². The van der Waals surface area contributed by atoms with Crippen molar-refractivity contribution in [1.82, 2.24) is 9.55 Å². The second-order valence-corrected chi connectivity index (χ2v) is 15.6. The summed E-state index contributed by atoms with van der Waals surface area (Å²) in [6, 6.07) is 19.2. The van der Waals surface area contributed by atoms with Crippen molar-refractivity contribution >= 4 is 28.6 Å². The Hall–Kier alpha value is -3.25. The van der Waals surface area contributed by atoms with E-state index in [1.165, 1.54) is 11.1 Å². The zero-order chi connectivity index (χ0) is 31.6. The molecule has 0 saturated heterocycles. The molecule has 4 aromatic rings. The number of aliphatic carboxylic acids is 1. The molecule has 0 unspecified atom stereocenters. The monoisotopic (exact) mass is 600 g/mol. The highest BCUT2D eigenvalue weighted by Gasteiger charge is 2.38. The second kappa shape index (κ2) is 12.8. The molecule has 0 aliphatic rings. The number of benzene rings is 2. The lowest BCUT2D eigenvalue weighted by atomic mass is 9.78. The predicted molar refractivity (Wildman–Crippen MR) is 179 cm³/mol. The maximum absolute atomic E-state index is 12.8. The number of rotatable bonds is 11. The molecule has 0 amide bonds. The van der Waals surface area contributed by atoms with Gasteiger partial charge in [0.1, 0.15) is 12.4 Å². The SMILES string of the molecule is CCC(CC)(Cc1c(SC(C)(C)C)c2cc(OCc3ccc(C)cn3)ccc2n1Cc1ccc(C(C)(C)C)cc1)C(=O)O. The number of hydrogen-bond acceptors (Lipinski definition) is 4. The van der Waals surface area contributed by atoms with Crippen LogP contribution in [0.15, 0.2) is 65.7 Å². The molecule has 5 nitrogen and oxygen atoms in total. The summed E-state index contributed by atoms with van der Waals surface area (Å²) >= 11 is 1.81. The number of carbonyl (C=O) groups is 1. The number of nitrogens with zero attached hydrogens (tertiary/aromatic N) is 2. The zero-order valence-corrected chi connectivity index (χ0v) is 28.2. The second-order valence-electron chi connectivity index (χ2n) is 13.8. The van der Waals surface area contributed by atoms with E-state index in [2.05, 4.69) is 87.5 Å². The van der Waals surface area contributed by atoms with Gasteiger partial charge in [0.25, 0.3) is 0 Å². The number of ether oxygens (including phenoxy) is 1. The quantitative estimate of drug-likeness (QED) is 0.174. The molecule has 0 aliphatic carbocycles. The minimum Gasteiger partial charge on any atom is -0.487 e. The molecular formula is C37H48N2O3S. The van der Waals surface area contributed by atoms with Crippen molar-refractivity contribution in [2.75, 3.05) is 0 Å². The van der Waals surface area contributed by atoms with Crippen molar-refractivity contribution in [2.24, 2.45) is 5.41 Å². The summed E-state index contributed by atoms with van der Waals surface area (Å²) < 4.78 is 8.52. The van der Waals surface area contributed by atoms with E-state index < -0.39 is 11.4 Å². The van der Waals surface area contributed by atoms with E-state index in [1.807, 2.05) is 56.9 Å². The Bertz CT molecular complexity index is 1550. The summed E-state index contributed by atoms with van der Waals surface area (Å²) in [6.07, 6.45) is 3.46. The summed E-state index contributed by atoms with van der Waals surface area (Å²) in [4.78, 5) is 18.4. The molecule has 2 aromatic carbocycles. The third-order valence-corrected chi connectivity index (χ3v) is 9.60. The summed E-state index contributed by atoms with van der Waals surface area (Å²) in [7, 11) is 0. The number of carboxylic acids is 1. The van der Waals surface area contributed by atoms with Gasteiger partial charge in [0, 0.05) is 45.4 Å². The van der Waals surface area contributed by atoms with Crippen molar-refractivity contribution in [3.63, 3.8) is 0 Å². The summed E-state index contributed by atoms with van der Waals surface area (Å²) in [6.45, 7) is 20.4. The molecule has 6 heteroatoms. The molecule has 0 aliphatic heterocycles. The molecule has 43 heavy (non-hydrogen) atoms. The number of fused-ring (bicyclic) bond motifs is 1. The average molecular weight is 601 g/mol. The van der Waals surface area contributed by atoms with Gasteiger partial charge in [-0.3, -0.25) is 9.78 Å². The van der Waals surface area contributed by atoms with E-state index in [0.29, 0.717) is 32.4 Å². The van der Waals surface area contributed by atoms with Gasteiger partial charge in [-0.25, -0.2) is 0 Å². The Balaban J connectivity index is 1.87. The summed E-state index contributed by atoms with van der Waals surface area (Å²) in [5.74, 6) is 0.0458. The normalized spacial score (nSPS) is 12.6. The fraction of sp³-hybridized carbons (Fsp3) is 0.459. The number of carboxylic acid groups (broad SMARTS) is 1. The average Bonchev–Trinajstić information content (AvgIpc) is 3.20. The molecule has 4 rings (SSSR count).